The lowest BCUT2D eigenvalue weighted by Crippen LogP contribution is -2.51. The molecule has 3 N–H and O–H groups in total. The van der Waals surface area contributed by atoms with Crippen LogP contribution >= 0.6 is 11.6 Å². The number of carbonyl (C=O) groups is 2. The first-order valence-electron chi connectivity index (χ1n) is 9.64. The van der Waals surface area contributed by atoms with Crippen molar-refractivity contribution in [3.63, 3.8) is 0 Å². The van der Waals surface area contributed by atoms with E-state index < -0.39 is 11.9 Å². The van der Waals surface area contributed by atoms with E-state index in [1.807, 2.05) is 55.1 Å². The van der Waals surface area contributed by atoms with Crippen molar-refractivity contribution in [1.82, 2.24) is 4.90 Å². The molecule has 0 radical (unpaired) electrons. The van der Waals surface area contributed by atoms with E-state index in [4.69, 9.17) is 17.3 Å². The predicted molar refractivity (Wildman–Crippen MR) is 112 cm³/mol. The molecule has 6 heteroatoms. The maximum Gasteiger partial charge on any atom is 0.238 e. The minimum absolute atomic E-state index is 0.0980. The summed E-state index contributed by atoms with van der Waals surface area (Å²) in [5.74, 6) is -0.578. The zero-order chi connectivity index (χ0) is 20.3. The molecule has 2 aromatic carbocycles. The van der Waals surface area contributed by atoms with Gasteiger partial charge >= 0.3 is 0 Å². The fraction of sp³-hybridized carbons (Fsp3) is 0.364. The van der Waals surface area contributed by atoms with Crippen LogP contribution in [-0.4, -0.2) is 29.3 Å². The number of fused-ring (bicyclic) bond motifs is 1. The van der Waals surface area contributed by atoms with Gasteiger partial charge in [-0.3, -0.25) is 14.5 Å². The summed E-state index contributed by atoms with van der Waals surface area (Å²) in [7, 11) is 0. The summed E-state index contributed by atoms with van der Waals surface area (Å²) in [6.07, 6.45) is 2.04. The molecule has 0 aliphatic carbocycles. The summed E-state index contributed by atoms with van der Waals surface area (Å²) in [5.41, 5.74) is 10.6. The van der Waals surface area contributed by atoms with Crippen molar-refractivity contribution in [3.8, 4) is 0 Å². The summed E-state index contributed by atoms with van der Waals surface area (Å²) in [6, 6.07) is 11.3. The molecule has 0 bridgehead atoms. The van der Waals surface area contributed by atoms with Crippen LogP contribution in [0.2, 0.25) is 5.02 Å². The molecule has 0 saturated carbocycles. The number of hydrogen-bond acceptors (Lipinski definition) is 3. The summed E-state index contributed by atoms with van der Waals surface area (Å²) < 4.78 is 0. The van der Waals surface area contributed by atoms with Gasteiger partial charge in [-0.15, -0.1) is 0 Å². The number of rotatable bonds is 6. The van der Waals surface area contributed by atoms with Crippen LogP contribution in [0.1, 0.15) is 36.1 Å². The number of primary amides is 1. The topological polar surface area (TPSA) is 75.4 Å². The maximum atomic E-state index is 12.9. The van der Waals surface area contributed by atoms with Gasteiger partial charge in [-0.05, 0) is 47.6 Å². The number of nitrogens with zero attached hydrogens (tertiary/aromatic N) is 1. The summed E-state index contributed by atoms with van der Waals surface area (Å²) in [5, 5.41) is 3.69. The number of nitrogens with one attached hydrogen (secondary N) is 1. The average Bonchev–Trinajstić information content (AvgIpc) is 2.67. The van der Waals surface area contributed by atoms with Gasteiger partial charge in [-0.2, -0.15) is 0 Å². The summed E-state index contributed by atoms with van der Waals surface area (Å²) in [6.45, 7) is 4.68. The van der Waals surface area contributed by atoms with Crippen molar-refractivity contribution in [2.45, 2.75) is 45.7 Å². The second-order valence-electron chi connectivity index (χ2n) is 7.11. The van der Waals surface area contributed by atoms with Crippen molar-refractivity contribution in [1.29, 1.82) is 0 Å². The number of carbonyl (C=O) groups excluding carboxylic acids is 2. The van der Waals surface area contributed by atoms with Gasteiger partial charge in [0.1, 0.15) is 0 Å². The molecule has 1 atom stereocenters. The minimum atomic E-state index is -0.490. The van der Waals surface area contributed by atoms with Crippen LogP contribution in [0.5, 0.6) is 0 Å². The molecule has 0 saturated heterocycles. The summed E-state index contributed by atoms with van der Waals surface area (Å²) in [4.78, 5) is 26.7. The van der Waals surface area contributed by atoms with Crippen molar-refractivity contribution in [2.24, 2.45) is 5.73 Å². The number of amides is 2. The third-order valence-corrected chi connectivity index (χ3v) is 5.72. The Morgan fingerprint density at radius 2 is 1.86 bits per heavy atom. The average molecular weight is 400 g/mol. The number of aryl methyl sites for hydroxylation is 1. The third-order valence-electron chi connectivity index (χ3n) is 5.36. The first-order valence-corrected chi connectivity index (χ1v) is 10.0. The van der Waals surface area contributed by atoms with Crippen molar-refractivity contribution in [3.05, 3.63) is 63.7 Å². The van der Waals surface area contributed by atoms with Crippen molar-refractivity contribution < 1.29 is 9.59 Å². The molecular formula is C22H26ClN3O2. The molecule has 1 aliphatic heterocycles. The lowest BCUT2D eigenvalue weighted by Gasteiger charge is -2.34. The highest BCUT2D eigenvalue weighted by atomic mass is 35.5. The van der Waals surface area contributed by atoms with Gasteiger partial charge in [0.2, 0.25) is 11.8 Å². The van der Waals surface area contributed by atoms with Crippen LogP contribution < -0.4 is 11.1 Å². The number of hydrogen-bond donors (Lipinski definition) is 2. The Labute approximate surface area is 170 Å². The molecule has 28 heavy (non-hydrogen) atoms. The van der Waals surface area contributed by atoms with Crippen molar-refractivity contribution in [2.75, 3.05) is 11.9 Å². The first-order chi connectivity index (χ1) is 13.4. The SMILES string of the molecule is CCc1ccc(Cl)c(CC)c1NC(=O)CN1Cc2ccccc2C[C@H]1C(N)=O. The third kappa shape index (κ3) is 4.21. The van der Waals surface area contributed by atoms with Crippen LogP contribution in [0, 0.1) is 0 Å². The fourth-order valence-corrected chi connectivity index (χ4v) is 4.15. The highest BCUT2D eigenvalue weighted by Crippen LogP contribution is 2.30. The Kier molecular flexibility index (Phi) is 6.37. The molecule has 0 unspecified atom stereocenters. The van der Waals surface area contributed by atoms with E-state index in [-0.39, 0.29) is 12.5 Å². The van der Waals surface area contributed by atoms with Crippen LogP contribution in [0.3, 0.4) is 0 Å². The molecule has 0 spiro atoms. The van der Waals surface area contributed by atoms with Gasteiger partial charge in [0, 0.05) is 17.3 Å². The number of benzene rings is 2. The number of halogens is 1. The Morgan fingerprint density at radius 3 is 2.50 bits per heavy atom. The molecule has 2 aromatic rings. The van der Waals surface area contributed by atoms with Crippen LogP contribution in [0.4, 0.5) is 5.69 Å². The molecule has 1 heterocycles. The standard InChI is InChI=1S/C22H26ClN3O2/c1-3-14-9-10-18(23)17(4-2)21(14)25-20(27)13-26-12-16-8-6-5-7-15(16)11-19(26)22(24)28/h5-10,19H,3-4,11-13H2,1-2H3,(H2,24,28)(H,25,27)/t19-/m0/s1. The molecule has 0 fully saturated rings. The lowest BCUT2D eigenvalue weighted by molar-refractivity contribution is -0.125. The molecule has 5 nitrogen and oxygen atoms in total. The minimum Gasteiger partial charge on any atom is -0.368 e. The molecular weight excluding hydrogens is 374 g/mol. The molecule has 0 aromatic heterocycles. The zero-order valence-electron chi connectivity index (χ0n) is 16.3. The smallest absolute Gasteiger partial charge is 0.238 e. The van der Waals surface area contributed by atoms with E-state index in [0.29, 0.717) is 18.0 Å². The quantitative estimate of drug-likeness (QED) is 0.782. The monoisotopic (exact) mass is 399 g/mol. The van der Waals surface area contributed by atoms with Crippen LogP contribution in [0.25, 0.3) is 0 Å². The van der Waals surface area contributed by atoms with Crippen LogP contribution in [0.15, 0.2) is 36.4 Å². The van der Waals surface area contributed by atoms with E-state index in [9.17, 15) is 9.59 Å². The van der Waals surface area contributed by atoms with E-state index in [1.54, 1.807) is 0 Å². The second-order valence-corrected chi connectivity index (χ2v) is 7.52. The lowest BCUT2D eigenvalue weighted by atomic mass is 9.93. The molecule has 1 aliphatic rings. The maximum absolute atomic E-state index is 12.9. The fourth-order valence-electron chi connectivity index (χ4n) is 3.85. The highest BCUT2D eigenvalue weighted by molar-refractivity contribution is 6.32. The number of anilines is 1. The van der Waals surface area contributed by atoms with E-state index >= 15 is 0 Å². The van der Waals surface area contributed by atoms with Gasteiger partial charge < -0.3 is 11.1 Å². The van der Waals surface area contributed by atoms with Crippen molar-refractivity contribution >= 4 is 29.1 Å². The second kappa shape index (κ2) is 8.76. The van der Waals surface area contributed by atoms with Gasteiger partial charge in [-0.1, -0.05) is 55.8 Å². The summed E-state index contributed by atoms with van der Waals surface area (Å²) >= 11 is 6.33. The largest absolute Gasteiger partial charge is 0.368 e. The molecule has 148 valence electrons. The Morgan fingerprint density at radius 1 is 1.14 bits per heavy atom. The Bertz CT molecular complexity index is 897. The van der Waals surface area contributed by atoms with E-state index in [1.165, 1.54) is 0 Å². The van der Waals surface area contributed by atoms with Gasteiger partial charge in [-0.25, -0.2) is 0 Å². The zero-order valence-corrected chi connectivity index (χ0v) is 17.1. The van der Waals surface area contributed by atoms with Gasteiger partial charge in [0.05, 0.1) is 12.6 Å². The molecule has 2 amide bonds. The van der Waals surface area contributed by atoms with E-state index in [0.717, 1.165) is 40.8 Å². The normalized spacial score (nSPS) is 16.5. The Balaban J connectivity index is 1.81. The van der Waals surface area contributed by atoms with Gasteiger partial charge in [0.15, 0.2) is 0 Å². The highest BCUT2D eigenvalue weighted by Gasteiger charge is 2.31. The Hall–Kier alpha value is -2.37. The number of nitrogens with two attached hydrogens (primary N) is 1. The van der Waals surface area contributed by atoms with Gasteiger partial charge in [0.25, 0.3) is 0 Å². The first kappa shape index (κ1) is 20.4. The predicted octanol–water partition coefficient (Wildman–Crippen LogP) is 3.32. The van der Waals surface area contributed by atoms with E-state index in [2.05, 4.69) is 5.32 Å². The van der Waals surface area contributed by atoms with Crippen LogP contribution in [-0.2, 0) is 35.4 Å². The molecule has 3 rings (SSSR count).